The predicted molar refractivity (Wildman–Crippen MR) is 71.8 cm³/mol. The molecule has 2 heteroatoms. The van der Waals surface area contributed by atoms with Gasteiger partial charge >= 0.3 is 0 Å². The molecule has 0 bridgehead atoms. The molecule has 0 aromatic carbocycles. The van der Waals surface area contributed by atoms with Crippen LogP contribution in [-0.4, -0.2) is 18.9 Å². The molecule has 0 aliphatic heterocycles. The number of allylic oxidation sites excluding steroid dienone is 1. The molecule has 0 aromatic rings. The smallest absolute Gasteiger partial charge is 0.0914 e. The van der Waals surface area contributed by atoms with Gasteiger partial charge in [-0.3, -0.25) is 0 Å². The van der Waals surface area contributed by atoms with E-state index in [0.717, 1.165) is 0 Å². The van der Waals surface area contributed by atoms with Gasteiger partial charge in [0.05, 0.1) is 13.8 Å². The number of hydrogen-bond donors (Lipinski definition) is 1. The van der Waals surface area contributed by atoms with Gasteiger partial charge in [-0.15, -0.1) is 0 Å². The van der Waals surface area contributed by atoms with Gasteiger partial charge in [0.2, 0.25) is 0 Å². The highest BCUT2D eigenvalue weighted by Gasteiger charge is 2.40. The fourth-order valence-corrected chi connectivity index (χ4v) is 2.53. The maximum absolute atomic E-state index is 10.3. The third-order valence-electron chi connectivity index (χ3n) is 3.45. The average molecular weight is 228 g/mol. The third-order valence-corrected chi connectivity index (χ3v) is 8.99. The van der Waals surface area contributed by atoms with Crippen LogP contribution in [-0.2, 0) is 0 Å². The zero-order valence-electron chi connectivity index (χ0n) is 11.7. The van der Waals surface area contributed by atoms with Crippen LogP contribution >= 0.6 is 0 Å². The zero-order valence-corrected chi connectivity index (χ0v) is 12.7. The second-order valence-electron chi connectivity index (χ2n) is 7.14. The Morgan fingerprint density at radius 3 is 1.67 bits per heavy atom. The lowest BCUT2D eigenvalue weighted by atomic mass is 9.96. The van der Waals surface area contributed by atoms with E-state index >= 15 is 0 Å². The maximum Gasteiger partial charge on any atom is 0.0914 e. The van der Waals surface area contributed by atoms with Gasteiger partial charge in [-0.05, 0) is 10.5 Å². The number of rotatable bonds is 2. The summed E-state index contributed by atoms with van der Waals surface area (Å²) in [6, 6.07) is 0. The minimum atomic E-state index is -1.64. The van der Waals surface area contributed by atoms with Crippen molar-refractivity contribution in [2.24, 2.45) is 5.41 Å². The van der Waals surface area contributed by atoms with Crippen LogP contribution in [0.25, 0.3) is 0 Å². The van der Waals surface area contributed by atoms with E-state index in [1.54, 1.807) is 0 Å². The summed E-state index contributed by atoms with van der Waals surface area (Å²) in [7, 11) is -1.64. The number of aliphatic hydroxyl groups excluding tert-OH is 1. The molecular weight excluding hydrogens is 200 g/mol. The summed E-state index contributed by atoms with van der Waals surface area (Å²) >= 11 is 0. The van der Waals surface area contributed by atoms with Crippen molar-refractivity contribution in [3.8, 4) is 0 Å². The van der Waals surface area contributed by atoms with Gasteiger partial charge in [-0.2, -0.15) is 0 Å². The Morgan fingerprint density at radius 1 is 1.00 bits per heavy atom. The van der Waals surface area contributed by atoms with Crippen molar-refractivity contribution in [3.63, 3.8) is 0 Å². The fraction of sp³-hybridized carbons (Fsp3) is 0.846. The fourth-order valence-electron chi connectivity index (χ4n) is 1.06. The van der Waals surface area contributed by atoms with Crippen molar-refractivity contribution >= 4 is 8.07 Å². The summed E-state index contributed by atoms with van der Waals surface area (Å²) in [5.74, 6) is 0. The van der Waals surface area contributed by atoms with Gasteiger partial charge in [0.25, 0.3) is 0 Å². The predicted octanol–water partition coefficient (Wildman–Crippen LogP) is 4.00. The quantitative estimate of drug-likeness (QED) is 0.559. The Hall–Kier alpha value is -0.0831. The molecule has 0 fully saturated rings. The lowest BCUT2D eigenvalue weighted by molar-refractivity contribution is 0.282. The van der Waals surface area contributed by atoms with E-state index in [-0.39, 0.29) is 16.2 Å². The van der Waals surface area contributed by atoms with E-state index in [1.807, 2.05) is 6.08 Å². The Labute approximate surface area is 96.6 Å². The zero-order chi connectivity index (χ0) is 12.5. The van der Waals surface area contributed by atoms with Crippen LogP contribution < -0.4 is 0 Å². The van der Waals surface area contributed by atoms with Gasteiger partial charge in [0.15, 0.2) is 0 Å². The van der Waals surface area contributed by atoms with Crippen molar-refractivity contribution in [2.75, 3.05) is 0 Å². The highest BCUT2D eigenvalue weighted by Crippen LogP contribution is 2.38. The maximum atomic E-state index is 10.3. The molecule has 0 aromatic heterocycles. The number of hydrogen-bond acceptors (Lipinski definition) is 1. The monoisotopic (exact) mass is 228 g/mol. The van der Waals surface area contributed by atoms with Crippen molar-refractivity contribution in [1.82, 2.24) is 0 Å². The summed E-state index contributed by atoms with van der Waals surface area (Å²) in [6.07, 6.45) is 4.12. The molecule has 15 heavy (non-hydrogen) atoms. The molecule has 90 valence electrons. The lowest BCUT2D eigenvalue weighted by Gasteiger charge is -2.39. The first kappa shape index (κ1) is 14.9. The average Bonchev–Trinajstić information content (AvgIpc) is 1.96. The molecule has 1 atom stereocenters. The molecule has 0 spiro atoms. The molecule has 1 nitrogen and oxygen atoms in total. The molecule has 1 unspecified atom stereocenters. The largest absolute Gasteiger partial charge is 0.393 e. The Kier molecular flexibility index (Phi) is 4.40. The first-order chi connectivity index (χ1) is 6.38. The highest BCUT2D eigenvalue weighted by atomic mass is 28.3. The van der Waals surface area contributed by atoms with Crippen molar-refractivity contribution in [3.05, 3.63) is 12.2 Å². The van der Waals surface area contributed by atoms with Gasteiger partial charge in [0, 0.05) is 0 Å². The first-order valence-corrected chi connectivity index (χ1v) is 8.83. The van der Waals surface area contributed by atoms with Crippen LogP contribution in [0.4, 0.5) is 0 Å². The van der Waals surface area contributed by atoms with Gasteiger partial charge in [-0.1, -0.05) is 66.8 Å². The lowest BCUT2D eigenvalue weighted by Crippen LogP contribution is -2.48. The van der Waals surface area contributed by atoms with Crippen molar-refractivity contribution in [1.29, 1.82) is 0 Å². The van der Waals surface area contributed by atoms with Gasteiger partial charge in [-0.25, -0.2) is 0 Å². The highest BCUT2D eigenvalue weighted by molar-refractivity contribution is 6.81. The number of aliphatic hydroxyl groups is 1. The van der Waals surface area contributed by atoms with E-state index in [4.69, 9.17) is 0 Å². The molecule has 0 rings (SSSR count). The minimum Gasteiger partial charge on any atom is -0.393 e. The Morgan fingerprint density at radius 2 is 1.40 bits per heavy atom. The van der Waals surface area contributed by atoms with Crippen LogP contribution in [0.1, 0.15) is 41.5 Å². The minimum absolute atomic E-state index is 0.156. The standard InChI is InChI=1S/C13H28OSi/c1-12(2,3)10-9-11(14)15(7,8)13(4,5)6/h9-11,14H,1-8H3/b10-9+. The summed E-state index contributed by atoms with van der Waals surface area (Å²) in [4.78, 5) is 0. The molecule has 0 heterocycles. The first-order valence-electron chi connectivity index (χ1n) is 5.75. The van der Waals surface area contributed by atoms with E-state index < -0.39 is 8.07 Å². The molecule has 0 saturated heterocycles. The Bertz CT molecular complexity index is 228. The van der Waals surface area contributed by atoms with Gasteiger partial charge < -0.3 is 5.11 Å². The van der Waals surface area contributed by atoms with Crippen LogP contribution in [0.5, 0.6) is 0 Å². The second kappa shape index (κ2) is 4.42. The van der Waals surface area contributed by atoms with Crippen molar-refractivity contribution in [2.45, 2.75) is 65.4 Å². The molecule has 0 saturated carbocycles. The summed E-state index contributed by atoms with van der Waals surface area (Å²) in [5, 5.41) is 10.5. The van der Waals surface area contributed by atoms with E-state index in [0.29, 0.717) is 0 Å². The van der Waals surface area contributed by atoms with E-state index in [9.17, 15) is 5.11 Å². The summed E-state index contributed by atoms with van der Waals surface area (Å²) < 4.78 is 0. The molecule has 1 N–H and O–H groups in total. The third kappa shape index (κ3) is 4.52. The van der Waals surface area contributed by atoms with Crippen LogP contribution in [0.3, 0.4) is 0 Å². The normalized spacial score (nSPS) is 17.1. The van der Waals surface area contributed by atoms with Crippen LogP contribution in [0.2, 0.25) is 18.1 Å². The SMILES string of the molecule is CC(C)(C)/C=C/C(O)[Si](C)(C)C(C)(C)C. The van der Waals surface area contributed by atoms with E-state index in [1.165, 1.54) is 0 Å². The second-order valence-corrected chi connectivity index (χ2v) is 12.7. The van der Waals surface area contributed by atoms with Crippen LogP contribution in [0.15, 0.2) is 12.2 Å². The summed E-state index contributed by atoms with van der Waals surface area (Å²) in [5.41, 5.74) is -0.0969. The van der Waals surface area contributed by atoms with Gasteiger partial charge in [0.1, 0.15) is 0 Å². The molecule has 0 aliphatic carbocycles. The van der Waals surface area contributed by atoms with Crippen LogP contribution in [0, 0.1) is 5.41 Å². The molecule has 0 radical (unpaired) electrons. The Balaban J connectivity index is 4.73. The molecule has 0 aliphatic rings. The molecule has 0 amide bonds. The topological polar surface area (TPSA) is 20.2 Å². The van der Waals surface area contributed by atoms with E-state index in [2.05, 4.69) is 60.7 Å². The van der Waals surface area contributed by atoms with Crippen molar-refractivity contribution < 1.29 is 5.11 Å². The summed E-state index contributed by atoms with van der Waals surface area (Å²) in [6.45, 7) is 17.7. The molecular formula is C13H28OSi.